The van der Waals surface area contributed by atoms with E-state index in [0.717, 1.165) is 18.4 Å². The van der Waals surface area contributed by atoms with Crippen molar-refractivity contribution in [1.29, 1.82) is 0 Å². The largest absolute Gasteiger partial charge is 0.444 e. The third kappa shape index (κ3) is 6.71. The second kappa shape index (κ2) is 11.0. The number of hydrogen-bond acceptors (Lipinski definition) is 6. The number of carbonyl (C=O) groups excluding carboxylic acids is 4. The lowest BCUT2D eigenvalue weighted by Crippen LogP contribution is -2.56. The molecule has 3 aliphatic rings. The Labute approximate surface area is 217 Å². The fourth-order valence-corrected chi connectivity index (χ4v) is 4.92. The highest BCUT2D eigenvalue weighted by molar-refractivity contribution is 5.90. The smallest absolute Gasteiger partial charge is 0.407 e. The Kier molecular flexibility index (Phi) is 7.91. The molecule has 1 saturated carbocycles. The van der Waals surface area contributed by atoms with Crippen LogP contribution in [0, 0.1) is 5.41 Å². The molecule has 5 amide bonds. The van der Waals surface area contributed by atoms with Crippen molar-refractivity contribution in [1.82, 2.24) is 26.1 Å². The van der Waals surface area contributed by atoms with Crippen molar-refractivity contribution in [3.63, 3.8) is 0 Å². The van der Waals surface area contributed by atoms with Crippen molar-refractivity contribution in [3.05, 3.63) is 35.9 Å². The number of rotatable bonds is 9. The zero-order valence-corrected chi connectivity index (χ0v) is 21.7. The average molecular weight is 516 g/mol. The molecule has 2 atom stereocenters. The number of benzene rings is 1. The summed E-state index contributed by atoms with van der Waals surface area (Å²) < 4.78 is 5.16. The number of nitrogens with one attached hydrogen (secondary N) is 3. The van der Waals surface area contributed by atoms with Crippen molar-refractivity contribution in [3.8, 4) is 0 Å². The number of unbranched alkanes of at least 4 members (excludes halogenated alkanes) is 1. The molecule has 2 heterocycles. The van der Waals surface area contributed by atoms with E-state index in [1.807, 2.05) is 30.3 Å². The maximum atomic E-state index is 13.1. The SMILES string of the molecule is CC(C)(C)OC(=O)NCCCCC(=O)NNC(=O)[C@@H]1CC2(CC2)[C@H]2CN1C(=O)N2OCc1ccccc1. The van der Waals surface area contributed by atoms with E-state index in [0.29, 0.717) is 32.4 Å². The molecule has 3 N–H and O–H groups in total. The van der Waals surface area contributed by atoms with E-state index < -0.39 is 23.6 Å². The summed E-state index contributed by atoms with van der Waals surface area (Å²) in [6.07, 6.45) is 3.25. The summed E-state index contributed by atoms with van der Waals surface area (Å²) in [5.41, 5.74) is 5.24. The molecule has 37 heavy (non-hydrogen) atoms. The van der Waals surface area contributed by atoms with E-state index >= 15 is 0 Å². The number of amides is 5. The van der Waals surface area contributed by atoms with E-state index in [2.05, 4.69) is 16.2 Å². The van der Waals surface area contributed by atoms with E-state index in [1.165, 1.54) is 5.06 Å². The molecule has 2 saturated heterocycles. The number of fused-ring (bicyclic) bond motifs is 3. The van der Waals surface area contributed by atoms with E-state index in [9.17, 15) is 19.2 Å². The molecule has 1 aromatic rings. The third-order valence-electron chi connectivity index (χ3n) is 7.00. The molecule has 4 rings (SSSR count). The monoisotopic (exact) mass is 515 g/mol. The van der Waals surface area contributed by atoms with Crippen LogP contribution < -0.4 is 16.2 Å². The summed E-state index contributed by atoms with van der Waals surface area (Å²) in [7, 11) is 0. The summed E-state index contributed by atoms with van der Waals surface area (Å²) >= 11 is 0. The van der Waals surface area contributed by atoms with Gasteiger partial charge in [0.15, 0.2) is 0 Å². The van der Waals surface area contributed by atoms with Crippen molar-refractivity contribution in [2.75, 3.05) is 13.1 Å². The minimum Gasteiger partial charge on any atom is -0.444 e. The van der Waals surface area contributed by atoms with Gasteiger partial charge in [-0.05, 0) is 63.9 Å². The molecular formula is C26H37N5O6. The molecule has 1 aliphatic carbocycles. The molecule has 1 aromatic carbocycles. The van der Waals surface area contributed by atoms with Gasteiger partial charge in [-0.15, -0.1) is 0 Å². The van der Waals surface area contributed by atoms with Gasteiger partial charge in [-0.3, -0.25) is 25.3 Å². The van der Waals surface area contributed by atoms with Gasteiger partial charge in [0, 0.05) is 19.5 Å². The van der Waals surface area contributed by atoms with Gasteiger partial charge in [0.1, 0.15) is 18.2 Å². The Balaban J connectivity index is 1.20. The highest BCUT2D eigenvalue weighted by Crippen LogP contribution is 2.59. The van der Waals surface area contributed by atoms with Gasteiger partial charge >= 0.3 is 12.1 Å². The summed E-state index contributed by atoms with van der Waals surface area (Å²) in [6, 6.07) is 8.61. The van der Waals surface area contributed by atoms with Crippen LogP contribution in [0.5, 0.6) is 0 Å². The van der Waals surface area contributed by atoms with Crippen molar-refractivity contribution in [2.45, 2.75) is 83.6 Å². The van der Waals surface area contributed by atoms with Crippen LogP contribution in [0.3, 0.4) is 0 Å². The Morgan fingerprint density at radius 1 is 1.08 bits per heavy atom. The van der Waals surface area contributed by atoms with Crippen molar-refractivity contribution < 1.29 is 28.8 Å². The standard InChI is InChI=1S/C26H37N5O6/c1-25(2,3)37-23(34)27-14-8-7-11-21(32)28-29-22(33)19-15-26(12-13-26)20-16-30(19)24(35)31(20)36-17-18-9-5-4-6-10-18/h4-6,9-10,19-20H,7-8,11-17H2,1-3H3,(H,27,34)(H,28,32)(H,29,33)/t19-,20+/m0/s1. The van der Waals surface area contributed by atoms with Crippen LogP contribution in [0.1, 0.15) is 64.9 Å². The Hall–Kier alpha value is -3.34. The van der Waals surface area contributed by atoms with Crippen LogP contribution in [0.25, 0.3) is 0 Å². The second-order valence-corrected chi connectivity index (χ2v) is 11.0. The van der Waals surface area contributed by atoms with Crippen LogP contribution in [0.15, 0.2) is 30.3 Å². The number of nitrogens with zero attached hydrogens (tertiary/aromatic N) is 2. The Morgan fingerprint density at radius 3 is 2.49 bits per heavy atom. The van der Waals surface area contributed by atoms with Gasteiger partial charge in [-0.2, -0.15) is 5.06 Å². The predicted molar refractivity (Wildman–Crippen MR) is 133 cm³/mol. The number of piperidine rings is 1. The van der Waals surface area contributed by atoms with E-state index in [1.54, 1.807) is 25.7 Å². The molecule has 0 aromatic heterocycles. The number of carbonyl (C=O) groups is 4. The quantitative estimate of drug-likeness (QED) is 0.343. The lowest BCUT2D eigenvalue weighted by Gasteiger charge is -2.35. The number of hydroxylamine groups is 2. The topological polar surface area (TPSA) is 129 Å². The number of ether oxygens (including phenoxy) is 1. The van der Waals surface area contributed by atoms with Gasteiger partial charge in [0.25, 0.3) is 5.91 Å². The maximum absolute atomic E-state index is 13.1. The lowest BCUT2D eigenvalue weighted by atomic mass is 9.85. The van der Waals surface area contributed by atoms with Crippen LogP contribution in [0.2, 0.25) is 0 Å². The zero-order chi connectivity index (χ0) is 26.6. The highest BCUT2D eigenvalue weighted by Gasteiger charge is 2.64. The lowest BCUT2D eigenvalue weighted by molar-refractivity contribution is -0.153. The zero-order valence-electron chi connectivity index (χ0n) is 21.7. The number of hydrazine groups is 1. The van der Waals surface area contributed by atoms with Crippen LogP contribution >= 0.6 is 0 Å². The van der Waals surface area contributed by atoms with E-state index in [4.69, 9.17) is 9.57 Å². The first-order valence-electron chi connectivity index (χ1n) is 12.9. The molecule has 0 unspecified atom stereocenters. The van der Waals surface area contributed by atoms with Crippen molar-refractivity contribution >= 4 is 23.9 Å². The first kappa shape index (κ1) is 26.7. The first-order valence-corrected chi connectivity index (χ1v) is 12.9. The molecule has 11 nitrogen and oxygen atoms in total. The second-order valence-electron chi connectivity index (χ2n) is 11.0. The summed E-state index contributed by atoms with van der Waals surface area (Å²) in [4.78, 5) is 57.4. The van der Waals surface area contributed by atoms with Gasteiger partial charge in [-0.25, -0.2) is 9.59 Å². The molecule has 11 heteroatoms. The normalized spacial score (nSPS) is 21.5. The summed E-state index contributed by atoms with van der Waals surface area (Å²) in [5.74, 6) is -0.732. The van der Waals surface area contributed by atoms with Gasteiger partial charge in [0.05, 0.1) is 6.04 Å². The molecular weight excluding hydrogens is 478 g/mol. The van der Waals surface area contributed by atoms with Crippen LogP contribution in [0.4, 0.5) is 9.59 Å². The average Bonchev–Trinajstić information content (AvgIpc) is 3.55. The number of hydrogen-bond donors (Lipinski definition) is 3. The molecule has 1 spiro atoms. The molecule has 2 bridgehead atoms. The maximum Gasteiger partial charge on any atom is 0.407 e. The van der Waals surface area contributed by atoms with Gasteiger partial charge in [-0.1, -0.05) is 30.3 Å². The third-order valence-corrected chi connectivity index (χ3v) is 7.00. The molecule has 0 radical (unpaired) electrons. The Bertz CT molecular complexity index is 1010. The summed E-state index contributed by atoms with van der Waals surface area (Å²) in [5, 5.41) is 4.10. The molecule has 2 aliphatic heterocycles. The highest BCUT2D eigenvalue weighted by atomic mass is 16.7. The first-order chi connectivity index (χ1) is 17.6. The fraction of sp³-hybridized carbons (Fsp3) is 0.615. The van der Waals surface area contributed by atoms with Gasteiger partial charge < -0.3 is 15.0 Å². The number of urea groups is 1. The minimum atomic E-state index is -0.657. The predicted octanol–water partition coefficient (Wildman–Crippen LogP) is 2.62. The van der Waals surface area contributed by atoms with Crippen LogP contribution in [-0.2, 0) is 25.8 Å². The van der Waals surface area contributed by atoms with E-state index in [-0.39, 0.29) is 36.4 Å². The number of alkyl carbamates (subject to hydrolysis) is 1. The van der Waals surface area contributed by atoms with Crippen molar-refractivity contribution in [2.24, 2.45) is 5.41 Å². The Morgan fingerprint density at radius 2 is 1.81 bits per heavy atom. The van der Waals surface area contributed by atoms with Crippen LogP contribution in [-0.4, -0.2) is 64.7 Å². The fourth-order valence-electron chi connectivity index (χ4n) is 4.92. The summed E-state index contributed by atoms with van der Waals surface area (Å²) in [6.45, 7) is 6.47. The van der Waals surface area contributed by atoms with Gasteiger partial charge in [0.2, 0.25) is 5.91 Å². The minimum absolute atomic E-state index is 0.0726. The molecule has 3 fully saturated rings. The molecule has 202 valence electrons.